The Morgan fingerprint density at radius 2 is 2.11 bits per heavy atom. The molecule has 8 nitrogen and oxygen atoms in total. The minimum Gasteiger partial charge on any atom is -0.482 e. The summed E-state index contributed by atoms with van der Waals surface area (Å²) in [4.78, 5) is 30.8. The first-order chi connectivity index (χ1) is 13.7. The molecule has 3 aliphatic heterocycles. The fourth-order valence-electron chi connectivity index (χ4n) is 3.90. The number of anilines is 1. The average Bonchev–Trinajstić information content (AvgIpc) is 3.17. The molecule has 8 heteroatoms. The van der Waals surface area contributed by atoms with E-state index in [1.165, 1.54) is 0 Å². The molecule has 146 valence electrons. The minimum absolute atomic E-state index is 0.0361. The summed E-state index contributed by atoms with van der Waals surface area (Å²) in [5.41, 5.74) is 1.97. The van der Waals surface area contributed by atoms with E-state index >= 15 is 0 Å². The molecule has 1 N–H and O–H groups in total. The highest BCUT2D eigenvalue weighted by Gasteiger charge is 2.29. The Balaban J connectivity index is 1.32. The van der Waals surface area contributed by atoms with Crippen LogP contribution in [-0.2, 0) is 22.5 Å². The van der Waals surface area contributed by atoms with E-state index in [-0.39, 0.29) is 18.4 Å². The molecule has 0 atom stereocenters. The lowest BCUT2D eigenvalue weighted by Gasteiger charge is -2.26. The van der Waals surface area contributed by atoms with E-state index in [0.717, 1.165) is 43.4 Å². The van der Waals surface area contributed by atoms with Gasteiger partial charge in [-0.1, -0.05) is 0 Å². The Labute approximate surface area is 161 Å². The van der Waals surface area contributed by atoms with Crippen LogP contribution in [0.25, 0.3) is 0 Å². The zero-order valence-corrected chi connectivity index (χ0v) is 15.4. The highest BCUT2D eigenvalue weighted by molar-refractivity contribution is 5.99. The quantitative estimate of drug-likeness (QED) is 0.854. The summed E-state index contributed by atoms with van der Waals surface area (Å²) >= 11 is 0. The third-order valence-electron chi connectivity index (χ3n) is 5.46. The van der Waals surface area contributed by atoms with Gasteiger partial charge in [0.2, 0.25) is 0 Å². The summed E-state index contributed by atoms with van der Waals surface area (Å²) in [5.74, 6) is 2.22. The number of hydrogen-bond donors (Lipinski definition) is 1. The highest BCUT2D eigenvalue weighted by atomic mass is 16.5. The fraction of sp³-hybridized carbons (Fsp3) is 0.450. The van der Waals surface area contributed by atoms with Crippen LogP contribution >= 0.6 is 0 Å². The van der Waals surface area contributed by atoms with Gasteiger partial charge in [0, 0.05) is 37.7 Å². The van der Waals surface area contributed by atoms with Crippen molar-refractivity contribution in [3.05, 3.63) is 41.1 Å². The van der Waals surface area contributed by atoms with Crippen molar-refractivity contribution >= 4 is 17.5 Å². The molecule has 0 bridgehead atoms. The van der Waals surface area contributed by atoms with Crippen LogP contribution in [0.5, 0.6) is 5.75 Å². The lowest BCUT2D eigenvalue weighted by Crippen LogP contribution is -2.36. The van der Waals surface area contributed by atoms with Crippen molar-refractivity contribution in [1.29, 1.82) is 0 Å². The third-order valence-corrected chi connectivity index (χ3v) is 5.46. The number of aromatic nitrogens is 1. The van der Waals surface area contributed by atoms with E-state index in [0.29, 0.717) is 42.4 Å². The zero-order valence-electron chi connectivity index (χ0n) is 15.4. The Morgan fingerprint density at radius 1 is 1.25 bits per heavy atom. The summed E-state index contributed by atoms with van der Waals surface area (Å²) in [6.45, 7) is 2.47. The number of ether oxygens (including phenoxy) is 2. The van der Waals surface area contributed by atoms with E-state index in [2.05, 4.69) is 5.32 Å². The van der Waals surface area contributed by atoms with Gasteiger partial charge in [0.1, 0.15) is 17.2 Å². The fourth-order valence-corrected chi connectivity index (χ4v) is 3.90. The van der Waals surface area contributed by atoms with Crippen LogP contribution in [0.2, 0.25) is 0 Å². The van der Waals surface area contributed by atoms with Crippen molar-refractivity contribution in [2.45, 2.75) is 31.7 Å². The maximum absolute atomic E-state index is 13.0. The molecular weight excluding hydrogens is 362 g/mol. The van der Waals surface area contributed by atoms with Crippen molar-refractivity contribution in [3.63, 3.8) is 0 Å². The lowest BCUT2D eigenvalue weighted by molar-refractivity contribution is -0.118. The van der Waals surface area contributed by atoms with Gasteiger partial charge in [-0.05, 0) is 31.0 Å². The number of nitrogens with one attached hydrogen (secondary N) is 1. The van der Waals surface area contributed by atoms with Crippen LogP contribution in [0.15, 0.2) is 22.6 Å². The lowest BCUT2D eigenvalue weighted by atomic mass is 10.0. The Kier molecular flexibility index (Phi) is 4.27. The molecule has 1 aromatic heterocycles. The number of carbonyl (C=O) groups is 2. The molecule has 4 heterocycles. The molecule has 1 fully saturated rings. The maximum atomic E-state index is 13.0. The van der Waals surface area contributed by atoms with Crippen LogP contribution in [0.3, 0.4) is 0 Å². The van der Waals surface area contributed by atoms with E-state index < -0.39 is 0 Å². The molecule has 0 unspecified atom stereocenters. The molecule has 2 amide bonds. The molecule has 5 rings (SSSR count). The first-order valence-corrected chi connectivity index (χ1v) is 9.59. The first-order valence-electron chi connectivity index (χ1n) is 9.59. The van der Waals surface area contributed by atoms with Gasteiger partial charge < -0.3 is 24.1 Å². The summed E-state index contributed by atoms with van der Waals surface area (Å²) in [6, 6.07) is 5.10. The SMILES string of the molecule is O=C1COc2cc(C(=O)N3CCc4oc(C5CCOCC5)nc4C3)ccc2N1. The van der Waals surface area contributed by atoms with Crippen LogP contribution in [-0.4, -0.2) is 48.1 Å². The predicted octanol–water partition coefficient (Wildman–Crippen LogP) is 2.10. The number of amides is 2. The zero-order chi connectivity index (χ0) is 19.1. The molecule has 0 radical (unpaired) electrons. The van der Waals surface area contributed by atoms with E-state index in [4.69, 9.17) is 18.9 Å². The second kappa shape index (κ2) is 6.94. The third kappa shape index (κ3) is 3.13. The van der Waals surface area contributed by atoms with Gasteiger partial charge >= 0.3 is 0 Å². The van der Waals surface area contributed by atoms with E-state index in [1.807, 2.05) is 0 Å². The summed E-state index contributed by atoms with van der Waals surface area (Å²) in [5, 5.41) is 2.73. The van der Waals surface area contributed by atoms with Crippen molar-refractivity contribution < 1.29 is 23.5 Å². The normalized spacial score (nSPS) is 19.4. The second-order valence-corrected chi connectivity index (χ2v) is 7.33. The van der Waals surface area contributed by atoms with Gasteiger partial charge in [-0.3, -0.25) is 9.59 Å². The number of nitrogens with zero attached hydrogens (tertiary/aromatic N) is 2. The molecule has 3 aliphatic rings. The van der Waals surface area contributed by atoms with Crippen LogP contribution < -0.4 is 10.1 Å². The summed E-state index contributed by atoms with van der Waals surface area (Å²) < 4.78 is 16.8. The van der Waals surface area contributed by atoms with Crippen LogP contribution in [0.4, 0.5) is 5.69 Å². The topological polar surface area (TPSA) is 93.9 Å². The van der Waals surface area contributed by atoms with Crippen molar-refractivity contribution in [3.8, 4) is 5.75 Å². The number of rotatable bonds is 2. The Bertz CT molecular complexity index is 932. The molecule has 28 heavy (non-hydrogen) atoms. The Hall–Kier alpha value is -2.87. The average molecular weight is 383 g/mol. The van der Waals surface area contributed by atoms with Gasteiger partial charge in [-0.25, -0.2) is 4.98 Å². The number of oxazole rings is 1. The largest absolute Gasteiger partial charge is 0.482 e. The van der Waals surface area contributed by atoms with Crippen LogP contribution in [0.1, 0.15) is 46.5 Å². The maximum Gasteiger partial charge on any atom is 0.262 e. The van der Waals surface area contributed by atoms with Crippen LogP contribution in [0, 0.1) is 0 Å². The number of carbonyl (C=O) groups excluding carboxylic acids is 2. The van der Waals surface area contributed by atoms with E-state index in [9.17, 15) is 9.59 Å². The van der Waals surface area contributed by atoms with Crippen molar-refractivity contribution in [2.24, 2.45) is 0 Å². The molecule has 1 aromatic carbocycles. The first kappa shape index (κ1) is 17.2. The van der Waals surface area contributed by atoms with Gasteiger partial charge in [0.25, 0.3) is 11.8 Å². The molecule has 0 aliphatic carbocycles. The van der Waals surface area contributed by atoms with Gasteiger partial charge in [0.05, 0.1) is 12.2 Å². The number of hydrogen-bond acceptors (Lipinski definition) is 6. The summed E-state index contributed by atoms with van der Waals surface area (Å²) in [7, 11) is 0. The molecule has 1 saturated heterocycles. The number of benzene rings is 1. The monoisotopic (exact) mass is 383 g/mol. The standard InChI is InChI=1S/C20H21N3O5/c24-18-11-27-17-9-13(1-2-14(17)21-18)20(25)23-6-3-16-15(10-23)22-19(28-16)12-4-7-26-8-5-12/h1-2,9,12H,3-8,10-11H2,(H,21,24). The second-order valence-electron chi connectivity index (χ2n) is 7.33. The van der Waals surface area contributed by atoms with E-state index in [1.54, 1.807) is 23.1 Å². The van der Waals surface area contributed by atoms with Gasteiger partial charge in [-0.2, -0.15) is 0 Å². The smallest absolute Gasteiger partial charge is 0.262 e. The van der Waals surface area contributed by atoms with Crippen molar-refractivity contribution in [2.75, 3.05) is 31.7 Å². The molecule has 0 saturated carbocycles. The number of fused-ring (bicyclic) bond motifs is 2. The van der Waals surface area contributed by atoms with Gasteiger partial charge in [0.15, 0.2) is 12.5 Å². The highest BCUT2D eigenvalue weighted by Crippen LogP contribution is 2.32. The molecule has 2 aromatic rings. The summed E-state index contributed by atoms with van der Waals surface area (Å²) in [6.07, 6.45) is 2.51. The van der Waals surface area contributed by atoms with Gasteiger partial charge in [-0.15, -0.1) is 0 Å². The minimum atomic E-state index is -0.193. The Morgan fingerprint density at radius 3 is 2.96 bits per heavy atom. The predicted molar refractivity (Wildman–Crippen MR) is 98.3 cm³/mol. The molecular formula is C20H21N3O5. The van der Waals surface area contributed by atoms with Crippen molar-refractivity contribution in [1.82, 2.24) is 9.88 Å². The molecule has 0 spiro atoms.